The van der Waals surface area contributed by atoms with Crippen molar-refractivity contribution in [2.24, 2.45) is 0 Å². The maximum absolute atomic E-state index is 12.2. The number of nitriles is 1. The zero-order valence-electron chi connectivity index (χ0n) is 14.3. The van der Waals surface area contributed by atoms with Crippen LogP contribution in [0.3, 0.4) is 0 Å². The Morgan fingerprint density at radius 2 is 2.00 bits per heavy atom. The lowest BCUT2D eigenvalue weighted by Gasteiger charge is -2.06. The standard InChI is InChI=1S/C21H18N4O/c22-12-17-13-24-25(21(17)23)20(26)7-3-4-14-8-9-16-11-15-5-1-2-6-18(15)19(16)10-14/h1-2,5-6,8-10,13H,3-4,7,11,23H2. The van der Waals surface area contributed by atoms with Gasteiger partial charge in [0.1, 0.15) is 17.5 Å². The largest absolute Gasteiger partial charge is 0.382 e. The molecule has 0 bridgehead atoms. The van der Waals surface area contributed by atoms with Gasteiger partial charge in [0.15, 0.2) is 0 Å². The van der Waals surface area contributed by atoms with Crippen molar-refractivity contribution in [3.05, 3.63) is 70.9 Å². The number of aromatic nitrogens is 2. The van der Waals surface area contributed by atoms with Crippen molar-refractivity contribution in [1.29, 1.82) is 5.26 Å². The van der Waals surface area contributed by atoms with Crippen molar-refractivity contribution >= 4 is 11.7 Å². The monoisotopic (exact) mass is 342 g/mol. The third kappa shape index (κ3) is 2.76. The molecule has 0 aliphatic heterocycles. The predicted octanol–water partition coefficient (Wildman–Crippen LogP) is 3.57. The Morgan fingerprint density at radius 3 is 2.81 bits per heavy atom. The van der Waals surface area contributed by atoms with E-state index in [0.29, 0.717) is 12.8 Å². The molecule has 1 aromatic heterocycles. The third-order valence-electron chi connectivity index (χ3n) is 4.88. The van der Waals surface area contributed by atoms with Crippen molar-refractivity contribution in [2.75, 3.05) is 5.73 Å². The third-order valence-corrected chi connectivity index (χ3v) is 4.88. The Hall–Kier alpha value is -3.39. The molecule has 2 N–H and O–H groups in total. The highest BCUT2D eigenvalue weighted by atomic mass is 16.2. The Morgan fingerprint density at radius 1 is 1.19 bits per heavy atom. The van der Waals surface area contributed by atoms with Crippen LogP contribution < -0.4 is 5.73 Å². The highest BCUT2D eigenvalue weighted by Crippen LogP contribution is 2.37. The summed E-state index contributed by atoms with van der Waals surface area (Å²) in [5.41, 5.74) is 12.6. The predicted molar refractivity (Wildman–Crippen MR) is 99.6 cm³/mol. The SMILES string of the molecule is N#Cc1cnn(C(=O)CCCc2ccc3c(c2)-c2ccccc2C3)c1N. The minimum absolute atomic E-state index is 0.117. The number of benzene rings is 2. The highest BCUT2D eigenvalue weighted by Gasteiger charge is 2.18. The maximum Gasteiger partial charge on any atom is 0.248 e. The second-order valence-electron chi connectivity index (χ2n) is 6.54. The average molecular weight is 342 g/mol. The first kappa shape index (κ1) is 16.1. The molecule has 5 heteroatoms. The number of anilines is 1. The first-order valence-electron chi connectivity index (χ1n) is 8.64. The van der Waals surface area contributed by atoms with E-state index < -0.39 is 0 Å². The van der Waals surface area contributed by atoms with Gasteiger partial charge in [-0.05, 0) is 47.1 Å². The van der Waals surface area contributed by atoms with Crippen molar-refractivity contribution in [1.82, 2.24) is 9.78 Å². The second-order valence-corrected chi connectivity index (χ2v) is 6.54. The van der Waals surface area contributed by atoms with Crippen LogP contribution in [0.5, 0.6) is 0 Å². The van der Waals surface area contributed by atoms with Gasteiger partial charge in [-0.3, -0.25) is 4.79 Å². The smallest absolute Gasteiger partial charge is 0.248 e. The number of nitrogen functional groups attached to an aromatic ring is 1. The zero-order valence-corrected chi connectivity index (χ0v) is 14.3. The summed E-state index contributed by atoms with van der Waals surface area (Å²) in [6.07, 6.45) is 4.17. The fourth-order valence-electron chi connectivity index (χ4n) is 3.52. The molecule has 26 heavy (non-hydrogen) atoms. The fraction of sp³-hybridized carbons (Fsp3) is 0.190. The normalized spacial score (nSPS) is 11.7. The molecule has 3 aromatic rings. The van der Waals surface area contributed by atoms with Crippen molar-refractivity contribution in [3.63, 3.8) is 0 Å². The first-order valence-corrected chi connectivity index (χ1v) is 8.64. The lowest BCUT2D eigenvalue weighted by Crippen LogP contribution is -2.15. The number of carbonyl (C=O) groups excluding carboxylic acids is 1. The van der Waals surface area contributed by atoms with E-state index >= 15 is 0 Å². The van der Waals surface area contributed by atoms with Gasteiger partial charge in [0.2, 0.25) is 5.91 Å². The lowest BCUT2D eigenvalue weighted by molar-refractivity contribution is 0.0887. The molecule has 128 valence electrons. The van der Waals surface area contributed by atoms with E-state index in [4.69, 9.17) is 11.0 Å². The number of nitrogens with two attached hydrogens (primary N) is 1. The summed E-state index contributed by atoms with van der Waals surface area (Å²) >= 11 is 0. The molecule has 0 saturated heterocycles. The molecule has 1 aliphatic rings. The fourth-order valence-corrected chi connectivity index (χ4v) is 3.52. The number of carbonyl (C=O) groups is 1. The summed E-state index contributed by atoms with van der Waals surface area (Å²) in [5.74, 6) is -0.0675. The number of nitrogens with zero attached hydrogens (tertiary/aromatic N) is 3. The summed E-state index contributed by atoms with van der Waals surface area (Å²) < 4.78 is 1.12. The summed E-state index contributed by atoms with van der Waals surface area (Å²) in [6, 6.07) is 17.0. The zero-order chi connectivity index (χ0) is 18.1. The van der Waals surface area contributed by atoms with E-state index in [2.05, 4.69) is 47.6 Å². The van der Waals surface area contributed by atoms with Crippen LogP contribution in [0.4, 0.5) is 5.82 Å². The summed E-state index contributed by atoms with van der Waals surface area (Å²) in [5, 5.41) is 12.8. The maximum atomic E-state index is 12.2. The summed E-state index contributed by atoms with van der Waals surface area (Å²) in [6.45, 7) is 0. The molecule has 0 atom stereocenters. The molecule has 0 radical (unpaired) electrons. The summed E-state index contributed by atoms with van der Waals surface area (Å²) in [4.78, 5) is 12.2. The molecule has 0 fully saturated rings. The van der Waals surface area contributed by atoms with E-state index in [0.717, 1.165) is 17.5 Å². The van der Waals surface area contributed by atoms with Gasteiger partial charge >= 0.3 is 0 Å². The molecule has 1 aliphatic carbocycles. The van der Waals surface area contributed by atoms with Gasteiger partial charge in [-0.2, -0.15) is 15.0 Å². The molecule has 0 amide bonds. The molecule has 0 saturated carbocycles. The van der Waals surface area contributed by atoms with Crippen LogP contribution in [0.25, 0.3) is 11.1 Å². The minimum Gasteiger partial charge on any atom is -0.382 e. The van der Waals surface area contributed by atoms with Gasteiger partial charge in [0.05, 0.1) is 6.20 Å². The van der Waals surface area contributed by atoms with E-state index in [9.17, 15) is 4.79 Å². The van der Waals surface area contributed by atoms with Crippen LogP contribution in [0.2, 0.25) is 0 Å². The number of fused-ring (bicyclic) bond motifs is 3. The van der Waals surface area contributed by atoms with E-state index in [1.54, 1.807) is 0 Å². The molecule has 5 nitrogen and oxygen atoms in total. The van der Waals surface area contributed by atoms with Crippen LogP contribution in [-0.2, 0) is 12.8 Å². The molecule has 0 unspecified atom stereocenters. The van der Waals surface area contributed by atoms with Crippen LogP contribution >= 0.6 is 0 Å². The molecular weight excluding hydrogens is 324 g/mol. The highest BCUT2D eigenvalue weighted by molar-refractivity contribution is 5.82. The van der Waals surface area contributed by atoms with Gasteiger partial charge in [-0.25, -0.2) is 0 Å². The Bertz CT molecular complexity index is 1040. The Kier molecular flexibility index (Phi) is 4.02. The summed E-state index contributed by atoms with van der Waals surface area (Å²) in [7, 11) is 0. The van der Waals surface area contributed by atoms with Crippen LogP contribution in [0, 0.1) is 11.3 Å². The number of hydrogen-bond acceptors (Lipinski definition) is 4. The van der Waals surface area contributed by atoms with Gasteiger partial charge in [0, 0.05) is 6.42 Å². The lowest BCUT2D eigenvalue weighted by atomic mass is 10.00. The first-order chi connectivity index (χ1) is 12.7. The number of aryl methyl sites for hydroxylation is 1. The van der Waals surface area contributed by atoms with Gasteiger partial charge in [-0.15, -0.1) is 0 Å². The van der Waals surface area contributed by atoms with E-state index in [1.165, 1.54) is 34.0 Å². The second kappa shape index (κ2) is 6.49. The minimum atomic E-state index is -0.185. The van der Waals surface area contributed by atoms with Crippen molar-refractivity contribution in [3.8, 4) is 17.2 Å². The van der Waals surface area contributed by atoms with E-state index in [1.807, 2.05) is 6.07 Å². The average Bonchev–Trinajstić information content (AvgIpc) is 3.21. The van der Waals surface area contributed by atoms with Gasteiger partial charge in [-0.1, -0.05) is 42.5 Å². The number of rotatable bonds is 4. The quantitative estimate of drug-likeness (QED) is 0.614. The molecule has 0 spiro atoms. The van der Waals surface area contributed by atoms with Crippen molar-refractivity contribution < 1.29 is 4.79 Å². The van der Waals surface area contributed by atoms with Crippen molar-refractivity contribution in [2.45, 2.75) is 25.7 Å². The molecule has 1 heterocycles. The molecule has 2 aromatic carbocycles. The van der Waals surface area contributed by atoms with Crippen LogP contribution in [-0.4, -0.2) is 15.7 Å². The van der Waals surface area contributed by atoms with Crippen LogP contribution in [0.1, 0.15) is 39.9 Å². The van der Waals surface area contributed by atoms with Gasteiger partial charge in [0.25, 0.3) is 0 Å². The molecular formula is C21H18N4O. The molecule has 4 rings (SSSR count). The Labute approximate surface area is 151 Å². The Balaban J connectivity index is 1.43. The van der Waals surface area contributed by atoms with Crippen LogP contribution in [0.15, 0.2) is 48.7 Å². The topological polar surface area (TPSA) is 84.7 Å². The number of hydrogen-bond donors (Lipinski definition) is 1. The van der Waals surface area contributed by atoms with Gasteiger partial charge < -0.3 is 5.73 Å². The van der Waals surface area contributed by atoms with E-state index in [-0.39, 0.29) is 17.3 Å².